The van der Waals surface area contributed by atoms with E-state index in [4.69, 9.17) is 18.9 Å². The van der Waals surface area contributed by atoms with Crippen LogP contribution in [0.4, 0.5) is 0 Å². The lowest BCUT2D eigenvalue weighted by Crippen LogP contribution is -2.24. The third-order valence-corrected chi connectivity index (χ3v) is 6.20. The summed E-state index contributed by atoms with van der Waals surface area (Å²) < 4.78 is 23.6. The first kappa shape index (κ1) is 19.4. The number of hydrogen-bond donors (Lipinski definition) is 0. The molecule has 1 aliphatic heterocycles. The molecule has 0 fully saturated rings. The molecule has 164 valence electrons. The smallest absolute Gasteiger partial charge is 0.259 e. The molecule has 1 aromatic heterocycles. The fourth-order valence-electron chi connectivity index (χ4n) is 4.66. The zero-order valence-corrected chi connectivity index (χ0v) is 18.0. The second-order valence-corrected chi connectivity index (χ2v) is 7.93. The summed E-state index contributed by atoms with van der Waals surface area (Å²) in [4.78, 5) is 27.5. The van der Waals surface area contributed by atoms with Crippen LogP contribution in [0.3, 0.4) is 0 Å². The number of methoxy groups -OCH3 is 2. The fourth-order valence-corrected chi connectivity index (χ4v) is 4.66. The van der Waals surface area contributed by atoms with Gasteiger partial charge in [-0.05, 0) is 29.8 Å². The maximum absolute atomic E-state index is 13.8. The third-order valence-electron chi connectivity index (χ3n) is 6.20. The van der Waals surface area contributed by atoms with Gasteiger partial charge in [0, 0.05) is 16.5 Å². The molecule has 7 nitrogen and oxygen atoms in total. The number of rotatable bonds is 4. The normalized spacial score (nSPS) is 13.2. The second kappa shape index (κ2) is 7.13. The highest BCUT2D eigenvalue weighted by Crippen LogP contribution is 2.46. The van der Waals surface area contributed by atoms with Crippen LogP contribution in [0.15, 0.2) is 59.4 Å². The van der Waals surface area contributed by atoms with E-state index in [0.717, 1.165) is 5.56 Å². The van der Waals surface area contributed by atoms with Crippen LogP contribution in [-0.2, 0) is 6.54 Å². The average molecular weight is 441 g/mol. The SMILES string of the molecule is COc1cc2c(cc1OC)-c1c(c3cc4c(cc3c(=O)n1Cc1ccccc1)OCO4)C2=O. The topological polar surface area (TPSA) is 76.0 Å². The van der Waals surface area contributed by atoms with E-state index in [9.17, 15) is 9.59 Å². The number of carbonyl (C=O) groups excluding carboxylic acids is 1. The summed E-state index contributed by atoms with van der Waals surface area (Å²) in [5, 5.41) is 0.955. The number of fused-ring (bicyclic) bond motifs is 6. The Labute approximate surface area is 188 Å². The van der Waals surface area contributed by atoms with Crippen LogP contribution >= 0.6 is 0 Å². The van der Waals surface area contributed by atoms with Crippen molar-refractivity contribution in [3.63, 3.8) is 0 Å². The number of nitrogens with zero attached hydrogens (tertiary/aromatic N) is 1. The Kier molecular flexibility index (Phi) is 4.20. The molecule has 3 aromatic carbocycles. The Morgan fingerprint density at radius 3 is 2.15 bits per heavy atom. The van der Waals surface area contributed by atoms with Gasteiger partial charge in [-0.15, -0.1) is 0 Å². The van der Waals surface area contributed by atoms with E-state index in [-0.39, 0.29) is 18.1 Å². The molecule has 7 heteroatoms. The Bertz CT molecular complexity index is 1520. The quantitative estimate of drug-likeness (QED) is 0.420. The number of benzene rings is 3. The molecule has 0 saturated heterocycles. The maximum atomic E-state index is 13.8. The summed E-state index contributed by atoms with van der Waals surface area (Å²) >= 11 is 0. The molecule has 0 atom stereocenters. The van der Waals surface area contributed by atoms with Crippen molar-refractivity contribution in [2.75, 3.05) is 21.0 Å². The van der Waals surface area contributed by atoms with Gasteiger partial charge in [0.15, 0.2) is 28.8 Å². The van der Waals surface area contributed by atoms with Gasteiger partial charge in [-0.2, -0.15) is 0 Å². The van der Waals surface area contributed by atoms with Gasteiger partial charge in [0.2, 0.25) is 6.79 Å². The van der Waals surface area contributed by atoms with Gasteiger partial charge in [-0.1, -0.05) is 30.3 Å². The van der Waals surface area contributed by atoms with Crippen molar-refractivity contribution in [1.29, 1.82) is 0 Å². The number of carbonyl (C=O) groups is 1. The standard InChI is InChI=1S/C26H19NO6/c1-30-19-9-16-17(10-20(19)31-2)25(28)23-15-8-21-22(33-13-32-21)11-18(15)26(29)27(24(16)23)12-14-6-4-3-5-7-14/h3-11H,12-13H2,1-2H3. The molecule has 6 rings (SSSR count). The van der Waals surface area contributed by atoms with Crippen molar-refractivity contribution < 1.29 is 23.7 Å². The number of aromatic nitrogens is 1. The molecule has 0 bridgehead atoms. The number of hydrogen-bond acceptors (Lipinski definition) is 6. The third kappa shape index (κ3) is 2.75. The van der Waals surface area contributed by atoms with Crippen molar-refractivity contribution >= 4 is 16.6 Å². The summed E-state index contributed by atoms with van der Waals surface area (Å²) in [5.74, 6) is 1.78. The Balaban J connectivity index is 1.72. The number of ether oxygens (including phenoxy) is 4. The minimum atomic E-state index is -0.207. The van der Waals surface area contributed by atoms with E-state index in [0.29, 0.717) is 62.7 Å². The predicted molar refractivity (Wildman–Crippen MR) is 122 cm³/mol. The van der Waals surface area contributed by atoms with E-state index >= 15 is 0 Å². The molecule has 0 saturated carbocycles. The molecule has 4 aromatic rings. The predicted octanol–water partition coefficient (Wildman–Crippen LogP) is 4.01. The fraction of sp³-hybridized carbons (Fsp3) is 0.154. The van der Waals surface area contributed by atoms with Crippen molar-refractivity contribution in [1.82, 2.24) is 4.57 Å². The minimum absolute atomic E-state index is 0.0780. The van der Waals surface area contributed by atoms with Gasteiger partial charge < -0.3 is 23.5 Å². The lowest BCUT2D eigenvalue weighted by Gasteiger charge is -2.16. The van der Waals surface area contributed by atoms with E-state index < -0.39 is 0 Å². The van der Waals surface area contributed by atoms with Gasteiger partial charge in [-0.3, -0.25) is 9.59 Å². The first-order chi connectivity index (χ1) is 16.1. The summed E-state index contributed by atoms with van der Waals surface area (Å²) in [6.07, 6.45) is 0. The Morgan fingerprint density at radius 1 is 0.848 bits per heavy atom. The highest BCUT2D eigenvalue weighted by atomic mass is 16.7. The zero-order chi connectivity index (χ0) is 22.7. The molecule has 0 radical (unpaired) electrons. The van der Waals surface area contributed by atoms with E-state index in [1.54, 1.807) is 35.9 Å². The first-order valence-electron chi connectivity index (χ1n) is 10.5. The van der Waals surface area contributed by atoms with E-state index in [2.05, 4.69) is 0 Å². The van der Waals surface area contributed by atoms with Crippen LogP contribution in [0.1, 0.15) is 21.5 Å². The van der Waals surface area contributed by atoms with Crippen molar-refractivity contribution in [2.24, 2.45) is 0 Å². The molecule has 0 unspecified atom stereocenters. The average Bonchev–Trinajstić information content (AvgIpc) is 3.42. The van der Waals surface area contributed by atoms with Crippen LogP contribution < -0.4 is 24.5 Å². The van der Waals surface area contributed by atoms with Crippen LogP contribution in [-0.4, -0.2) is 31.4 Å². The summed E-state index contributed by atoms with van der Waals surface area (Å²) in [6, 6.07) is 16.5. The molecule has 33 heavy (non-hydrogen) atoms. The van der Waals surface area contributed by atoms with Crippen molar-refractivity contribution in [2.45, 2.75) is 6.54 Å². The highest BCUT2D eigenvalue weighted by molar-refractivity contribution is 6.27. The van der Waals surface area contributed by atoms with E-state index in [1.165, 1.54) is 7.11 Å². The largest absolute Gasteiger partial charge is 0.493 e. The minimum Gasteiger partial charge on any atom is -0.493 e. The molecule has 0 amide bonds. The molecular weight excluding hydrogens is 422 g/mol. The maximum Gasteiger partial charge on any atom is 0.259 e. The van der Waals surface area contributed by atoms with Gasteiger partial charge in [0.25, 0.3) is 5.56 Å². The summed E-state index contributed by atoms with van der Waals surface area (Å²) in [5.41, 5.74) is 2.87. The van der Waals surface area contributed by atoms with Crippen LogP contribution in [0.2, 0.25) is 0 Å². The Hall–Kier alpha value is -4.26. The van der Waals surface area contributed by atoms with Gasteiger partial charge in [0.1, 0.15) is 0 Å². The van der Waals surface area contributed by atoms with Gasteiger partial charge in [0.05, 0.1) is 37.4 Å². The van der Waals surface area contributed by atoms with E-state index in [1.807, 2.05) is 30.3 Å². The molecular formula is C26H19NO6. The number of pyridine rings is 1. The van der Waals surface area contributed by atoms with Gasteiger partial charge in [-0.25, -0.2) is 0 Å². The molecule has 0 spiro atoms. The van der Waals surface area contributed by atoms with Crippen molar-refractivity contribution in [3.8, 4) is 34.3 Å². The van der Waals surface area contributed by atoms with Crippen molar-refractivity contribution in [3.05, 3.63) is 81.6 Å². The monoisotopic (exact) mass is 441 g/mol. The summed E-state index contributed by atoms with van der Waals surface area (Å²) in [6.45, 7) is 0.391. The Morgan fingerprint density at radius 2 is 1.48 bits per heavy atom. The van der Waals surface area contributed by atoms with Crippen LogP contribution in [0, 0.1) is 0 Å². The van der Waals surface area contributed by atoms with Crippen LogP contribution in [0.25, 0.3) is 22.0 Å². The van der Waals surface area contributed by atoms with Gasteiger partial charge >= 0.3 is 0 Å². The molecule has 2 aliphatic rings. The van der Waals surface area contributed by atoms with Crippen LogP contribution in [0.5, 0.6) is 23.0 Å². The first-order valence-corrected chi connectivity index (χ1v) is 10.5. The number of ketones is 1. The molecule has 2 heterocycles. The summed E-state index contributed by atoms with van der Waals surface area (Å²) in [7, 11) is 3.07. The zero-order valence-electron chi connectivity index (χ0n) is 18.0. The lowest BCUT2D eigenvalue weighted by molar-refractivity contribution is 0.104. The molecule has 0 N–H and O–H groups in total. The molecule has 1 aliphatic carbocycles. The lowest BCUT2D eigenvalue weighted by atomic mass is 10.0. The second-order valence-electron chi connectivity index (χ2n) is 7.93. The highest BCUT2D eigenvalue weighted by Gasteiger charge is 2.35.